The first-order valence-corrected chi connectivity index (χ1v) is 9.14. The number of carbonyl (C=O) groups excluding carboxylic acids is 1. The van der Waals surface area contributed by atoms with Gasteiger partial charge in [-0.2, -0.15) is 0 Å². The van der Waals surface area contributed by atoms with Gasteiger partial charge >= 0.3 is 0 Å². The summed E-state index contributed by atoms with van der Waals surface area (Å²) in [7, 11) is 0. The average molecular weight is 435 g/mol. The number of benzene rings is 1. The number of hydrogen-bond acceptors (Lipinski definition) is 4. The Morgan fingerprint density at radius 3 is 2.61 bits per heavy atom. The van der Waals surface area contributed by atoms with E-state index in [1.165, 1.54) is 16.7 Å². The van der Waals surface area contributed by atoms with E-state index in [1.54, 1.807) is 25.1 Å². The first-order chi connectivity index (χ1) is 10.9. The lowest BCUT2D eigenvalue weighted by Gasteiger charge is -2.24. The normalized spacial score (nSPS) is 17.8. The first-order valence-electron chi connectivity index (χ1n) is 6.54. The van der Waals surface area contributed by atoms with Gasteiger partial charge in [0.15, 0.2) is 0 Å². The van der Waals surface area contributed by atoms with Gasteiger partial charge in [-0.25, -0.2) is 4.98 Å². The third-order valence-corrected chi connectivity index (χ3v) is 6.13. The van der Waals surface area contributed by atoms with Gasteiger partial charge in [-0.3, -0.25) is 19.5 Å². The summed E-state index contributed by atoms with van der Waals surface area (Å²) < 4.78 is 0.341. The molecule has 1 aromatic carbocycles. The number of carbonyl (C=O) groups is 1. The van der Waals surface area contributed by atoms with Crippen molar-refractivity contribution < 1.29 is 4.79 Å². The van der Waals surface area contributed by atoms with E-state index in [1.807, 2.05) is 0 Å². The third kappa shape index (κ3) is 3.03. The molecule has 3 rings (SSSR count). The molecule has 120 valence electrons. The minimum atomic E-state index is -0.438. The van der Waals surface area contributed by atoms with E-state index in [2.05, 4.69) is 25.9 Å². The molecule has 9 heteroatoms. The molecule has 0 spiro atoms. The predicted molar refractivity (Wildman–Crippen MR) is 96.4 cm³/mol. The van der Waals surface area contributed by atoms with E-state index in [0.717, 1.165) is 0 Å². The number of aryl methyl sites for hydroxylation is 1. The summed E-state index contributed by atoms with van der Waals surface area (Å²) in [5.74, 6) is 0.276. The van der Waals surface area contributed by atoms with Crippen LogP contribution < -0.4 is 10.5 Å². The van der Waals surface area contributed by atoms with Crippen LogP contribution in [0.2, 0.25) is 10.0 Å². The second-order valence-electron chi connectivity index (χ2n) is 4.85. The number of aromatic nitrogens is 2. The zero-order valence-electron chi connectivity index (χ0n) is 11.8. The van der Waals surface area contributed by atoms with E-state index in [-0.39, 0.29) is 23.2 Å². The van der Waals surface area contributed by atoms with E-state index < -0.39 is 5.37 Å². The van der Waals surface area contributed by atoms with E-state index in [0.29, 0.717) is 25.8 Å². The van der Waals surface area contributed by atoms with Crippen LogP contribution >= 0.6 is 50.9 Å². The molecule has 0 radical (unpaired) electrons. The standard InChI is InChI=1S/C14H10BrCl2N3O2S/c1-6-11(15)12(22)19-14(18-6)20-9(21)5-23-13(20)10-7(16)3-2-4-8(10)17/h2-4,13H,5H2,1H3,(H,18,19,22). The van der Waals surface area contributed by atoms with Crippen molar-refractivity contribution in [1.29, 1.82) is 0 Å². The van der Waals surface area contributed by atoms with Crippen molar-refractivity contribution in [2.45, 2.75) is 12.3 Å². The lowest BCUT2D eigenvalue weighted by atomic mass is 10.2. The van der Waals surface area contributed by atoms with Gasteiger partial charge in [-0.15, -0.1) is 11.8 Å². The van der Waals surface area contributed by atoms with Crippen LogP contribution in [0.1, 0.15) is 16.6 Å². The number of nitrogens with one attached hydrogen (secondary N) is 1. The number of amides is 1. The molecule has 1 aliphatic rings. The second kappa shape index (κ2) is 6.47. The highest BCUT2D eigenvalue weighted by Crippen LogP contribution is 2.45. The Labute approximate surface area is 154 Å². The number of halogens is 3. The molecule has 0 aliphatic carbocycles. The molecule has 1 atom stereocenters. The van der Waals surface area contributed by atoms with Gasteiger partial charge in [0.1, 0.15) is 9.85 Å². The van der Waals surface area contributed by atoms with Crippen LogP contribution in [0.5, 0.6) is 0 Å². The molecule has 1 aliphatic heterocycles. The Kier molecular flexibility index (Phi) is 4.73. The van der Waals surface area contributed by atoms with Gasteiger partial charge in [0, 0.05) is 15.6 Å². The van der Waals surface area contributed by atoms with Crippen molar-refractivity contribution >= 4 is 62.7 Å². The summed E-state index contributed by atoms with van der Waals surface area (Å²) in [4.78, 5) is 32.6. The van der Waals surface area contributed by atoms with Crippen molar-refractivity contribution in [3.8, 4) is 0 Å². The van der Waals surface area contributed by atoms with Crippen molar-refractivity contribution in [2.75, 3.05) is 10.7 Å². The van der Waals surface area contributed by atoms with Crippen molar-refractivity contribution in [1.82, 2.24) is 9.97 Å². The summed E-state index contributed by atoms with van der Waals surface area (Å²) >= 11 is 17.1. The summed E-state index contributed by atoms with van der Waals surface area (Å²) in [6.07, 6.45) is 0. The highest BCUT2D eigenvalue weighted by Gasteiger charge is 2.38. The number of H-pyrrole nitrogens is 1. The zero-order chi connectivity index (χ0) is 16.7. The molecule has 2 aromatic rings. The van der Waals surface area contributed by atoms with E-state index in [9.17, 15) is 9.59 Å². The molecule has 1 unspecified atom stereocenters. The lowest BCUT2D eigenvalue weighted by Crippen LogP contribution is -2.32. The minimum absolute atomic E-state index is 0.166. The summed E-state index contributed by atoms with van der Waals surface area (Å²) in [6, 6.07) is 5.17. The number of anilines is 1. The van der Waals surface area contributed by atoms with Crippen molar-refractivity contribution in [2.24, 2.45) is 0 Å². The Morgan fingerprint density at radius 1 is 1.35 bits per heavy atom. The average Bonchev–Trinajstić information content (AvgIpc) is 2.86. The van der Waals surface area contributed by atoms with Gasteiger partial charge in [-0.05, 0) is 35.0 Å². The minimum Gasteiger partial charge on any atom is -0.291 e. The van der Waals surface area contributed by atoms with Gasteiger partial charge in [0.2, 0.25) is 11.9 Å². The van der Waals surface area contributed by atoms with Crippen LogP contribution in [0, 0.1) is 6.92 Å². The first kappa shape index (κ1) is 16.8. The number of nitrogens with zero attached hydrogens (tertiary/aromatic N) is 2. The quantitative estimate of drug-likeness (QED) is 0.777. The maximum Gasteiger partial charge on any atom is 0.266 e. The van der Waals surface area contributed by atoms with Crippen LogP contribution in [-0.2, 0) is 4.79 Å². The number of aromatic amines is 1. The molecule has 1 saturated heterocycles. The molecule has 0 saturated carbocycles. The lowest BCUT2D eigenvalue weighted by molar-refractivity contribution is -0.115. The highest BCUT2D eigenvalue weighted by atomic mass is 79.9. The third-order valence-electron chi connectivity index (χ3n) is 3.36. The van der Waals surface area contributed by atoms with Crippen LogP contribution in [-0.4, -0.2) is 21.6 Å². The number of hydrogen-bond donors (Lipinski definition) is 1. The van der Waals surface area contributed by atoms with Crippen LogP contribution in [0.3, 0.4) is 0 Å². The maximum absolute atomic E-state index is 12.3. The van der Waals surface area contributed by atoms with Crippen molar-refractivity contribution in [3.05, 3.63) is 54.3 Å². The van der Waals surface area contributed by atoms with Gasteiger partial charge < -0.3 is 0 Å². The van der Waals surface area contributed by atoms with E-state index >= 15 is 0 Å². The molecule has 2 heterocycles. The highest BCUT2D eigenvalue weighted by molar-refractivity contribution is 9.10. The smallest absolute Gasteiger partial charge is 0.266 e. The molecule has 1 N–H and O–H groups in total. The second-order valence-corrected chi connectivity index (χ2v) is 7.53. The molecule has 1 aromatic heterocycles. The largest absolute Gasteiger partial charge is 0.291 e. The summed E-state index contributed by atoms with van der Waals surface area (Å²) in [6.45, 7) is 1.69. The topological polar surface area (TPSA) is 66.1 Å². The van der Waals surface area contributed by atoms with Gasteiger partial charge in [-0.1, -0.05) is 29.3 Å². The fourth-order valence-corrected chi connectivity index (χ4v) is 4.43. The fourth-order valence-electron chi connectivity index (χ4n) is 2.28. The predicted octanol–water partition coefficient (Wildman–Crippen LogP) is 3.93. The SMILES string of the molecule is Cc1nc(N2C(=O)CSC2c2c(Cl)cccc2Cl)[nH]c(=O)c1Br. The van der Waals surface area contributed by atoms with Crippen LogP contribution in [0.15, 0.2) is 27.5 Å². The maximum atomic E-state index is 12.3. The molecule has 23 heavy (non-hydrogen) atoms. The zero-order valence-corrected chi connectivity index (χ0v) is 15.7. The fraction of sp³-hybridized carbons (Fsp3) is 0.214. The monoisotopic (exact) mass is 433 g/mol. The van der Waals surface area contributed by atoms with Crippen molar-refractivity contribution in [3.63, 3.8) is 0 Å². The summed E-state index contributed by atoms with van der Waals surface area (Å²) in [5, 5.41) is 0.490. The summed E-state index contributed by atoms with van der Waals surface area (Å²) in [5.41, 5.74) is 0.786. The molecular weight excluding hydrogens is 425 g/mol. The van der Waals surface area contributed by atoms with Crippen LogP contribution in [0.4, 0.5) is 5.95 Å². The molecule has 5 nitrogen and oxygen atoms in total. The Bertz CT molecular complexity index is 838. The molecule has 0 bridgehead atoms. The molecular formula is C14H10BrCl2N3O2S. The van der Waals surface area contributed by atoms with E-state index in [4.69, 9.17) is 23.2 Å². The Hall–Kier alpha value is -1.02. The van der Waals surface area contributed by atoms with Gasteiger partial charge in [0.25, 0.3) is 5.56 Å². The number of thioether (sulfide) groups is 1. The Balaban J connectivity index is 2.13. The Morgan fingerprint density at radius 2 is 2.00 bits per heavy atom. The van der Waals surface area contributed by atoms with Crippen LogP contribution in [0.25, 0.3) is 0 Å². The van der Waals surface area contributed by atoms with Gasteiger partial charge in [0.05, 0.1) is 11.4 Å². The number of rotatable bonds is 2. The molecule has 1 amide bonds. The molecule has 1 fully saturated rings.